The van der Waals surface area contributed by atoms with E-state index in [2.05, 4.69) is 5.32 Å². The lowest BCUT2D eigenvalue weighted by molar-refractivity contribution is -0.143. The van der Waals surface area contributed by atoms with Crippen molar-refractivity contribution in [3.05, 3.63) is 95.0 Å². The van der Waals surface area contributed by atoms with Crippen molar-refractivity contribution in [2.45, 2.75) is 45.3 Å². The lowest BCUT2D eigenvalue weighted by atomic mass is 10.0. The molecule has 36 heavy (non-hydrogen) atoms. The van der Waals surface area contributed by atoms with E-state index in [1.54, 1.807) is 48.4 Å². The highest BCUT2D eigenvalue weighted by Crippen LogP contribution is 2.20. The first kappa shape index (κ1) is 27.1. The van der Waals surface area contributed by atoms with Crippen molar-refractivity contribution in [3.8, 4) is 11.5 Å². The second-order valence-corrected chi connectivity index (χ2v) is 9.08. The van der Waals surface area contributed by atoms with E-state index in [-0.39, 0.29) is 31.0 Å². The molecule has 3 rings (SSSR count). The number of hydrogen-bond donors (Lipinski definition) is 1. The minimum Gasteiger partial charge on any atom is -0.497 e. The third kappa shape index (κ3) is 8.02. The highest BCUT2D eigenvalue weighted by atomic mass is 35.5. The Morgan fingerprint density at radius 2 is 1.61 bits per heavy atom. The average Bonchev–Trinajstić information content (AvgIpc) is 2.90. The lowest BCUT2D eigenvalue weighted by Crippen LogP contribution is -2.53. The van der Waals surface area contributed by atoms with Gasteiger partial charge in [0, 0.05) is 24.0 Å². The number of amides is 2. The zero-order valence-electron chi connectivity index (χ0n) is 20.9. The summed E-state index contributed by atoms with van der Waals surface area (Å²) in [5.41, 5.74) is 1.79. The molecule has 2 unspecified atom stereocenters. The normalized spacial score (nSPS) is 12.3. The Labute approximate surface area is 218 Å². The van der Waals surface area contributed by atoms with E-state index >= 15 is 0 Å². The standard InChI is InChI=1S/C29H33ClN2O4/c1-4-21(2)31-29(34)27(18-22-9-6-5-7-10-22)32(19-23-11-8-12-24(30)17-23)28(33)20-36-26-15-13-25(35-3)14-16-26/h5-17,21,27H,4,18-20H2,1-3H3,(H,31,34). The van der Waals surface area contributed by atoms with E-state index in [9.17, 15) is 9.59 Å². The summed E-state index contributed by atoms with van der Waals surface area (Å²) in [5.74, 6) is 0.732. The predicted molar refractivity (Wildman–Crippen MR) is 142 cm³/mol. The quantitative estimate of drug-likeness (QED) is 0.361. The second-order valence-electron chi connectivity index (χ2n) is 8.64. The number of halogens is 1. The Kier molecular flexibility index (Phi) is 10.2. The molecule has 0 spiro atoms. The van der Waals surface area contributed by atoms with Crippen LogP contribution in [0, 0.1) is 0 Å². The highest BCUT2D eigenvalue weighted by Gasteiger charge is 2.31. The molecule has 0 bridgehead atoms. The molecule has 0 fully saturated rings. The maximum absolute atomic E-state index is 13.6. The van der Waals surface area contributed by atoms with Crippen molar-refractivity contribution in [1.29, 1.82) is 0 Å². The van der Waals surface area contributed by atoms with Crippen LogP contribution in [-0.2, 0) is 22.6 Å². The van der Waals surface area contributed by atoms with Crippen LogP contribution in [0.3, 0.4) is 0 Å². The third-order valence-electron chi connectivity index (χ3n) is 5.94. The maximum Gasteiger partial charge on any atom is 0.261 e. The van der Waals surface area contributed by atoms with Crippen LogP contribution in [-0.4, -0.2) is 42.5 Å². The van der Waals surface area contributed by atoms with Gasteiger partial charge in [-0.25, -0.2) is 0 Å². The zero-order chi connectivity index (χ0) is 25.9. The highest BCUT2D eigenvalue weighted by molar-refractivity contribution is 6.30. The molecular formula is C29H33ClN2O4. The molecule has 2 atom stereocenters. The van der Waals surface area contributed by atoms with Crippen LogP contribution in [0.1, 0.15) is 31.4 Å². The van der Waals surface area contributed by atoms with E-state index in [1.807, 2.05) is 56.3 Å². The Hall–Kier alpha value is -3.51. The van der Waals surface area contributed by atoms with Crippen molar-refractivity contribution in [2.24, 2.45) is 0 Å². The summed E-state index contributed by atoms with van der Waals surface area (Å²) in [7, 11) is 1.59. The first-order chi connectivity index (χ1) is 17.4. The molecule has 0 aromatic heterocycles. The SMILES string of the molecule is CCC(C)NC(=O)C(Cc1ccccc1)N(Cc1cccc(Cl)c1)C(=O)COc1ccc(OC)cc1. The van der Waals surface area contributed by atoms with Gasteiger partial charge in [-0.1, -0.05) is 61.0 Å². The van der Waals surface area contributed by atoms with Crippen LogP contribution < -0.4 is 14.8 Å². The van der Waals surface area contributed by atoms with Crippen molar-refractivity contribution < 1.29 is 19.1 Å². The van der Waals surface area contributed by atoms with E-state index in [0.29, 0.717) is 22.9 Å². The van der Waals surface area contributed by atoms with Gasteiger partial charge < -0.3 is 19.7 Å². The molecule has 3 aromatic rings. The van der Waals surface area contributed by atoms with Crippen LogP contribution in [0.2, 0.25) is 5.02 Å². The van der Waals surface area contributed by atoms with E-state index < -0.39 is 6.04 Å². The molecule has 0 aliphatic rings. The molecule has 3 aromatic carbocycles. The number of methoxy groups -OCH3 is 1. The number of carbonyl (C=O) groups excluding carboxylic acids is 2. The Morgan fingerprint density at radius 3 is 2.25 bits per heavy atom. The summed E-state index contributed by atoms with van der Waals surface area (Å²) >= 11 is 6.22. The minimum atomic E-state index is -0.729. The van der Waals surface area contributed by atoms with Gasteiger partial charge in [0.05, 0.1) is 7.11 Å². The minimum absolute atomic E-state index is 0.0190. The molecule has 0 saturated carbocycles. The number of rotatable bonds is 12. The molecule has 0 saturated heterocycles. The Morgan fingerprint density at radius 1 is 0.944 bits per heavy atom. The number of benzene rings is 3. The van der Waals surface area contributed by atoms with Crippen molar-refractivity contribution in [1.82, 2.24) is 10.2 Å². The summed E-state index contributed by atoms with van der Waals surface area (Å²) in [5, 5.41) is 3.62. The number of hydrogen-bond acceptors (Lipinski definition) is 4. The maximum atomic E-state index is 13.6. The Balaban J connectivity index is 1.89. The van der Waals surface area contributed by atoms with Gasteiger partial charge in [-0.15, -0.1) is 0 Å². The summed E-state index contributed by atoms with van der Waals surface area (Å²) in [6.45, 7) is 3.97. The van der Waals surface area contributed by atoms with E-state index in [4.69, 9.17) is 21.1 Å². The van der Waals surface area contributed by atoms with Gasteiger partial charge in [0.15, 0.2) is 6.61 Å². The average molecular weight is 509 g/mol. The number of nitrogens with one attached hydrogen (secondary N) is 1. The fourth-order valence-corrected chi connectivity index (χ4v) is 3.94. The molecule has 0 heterocycles. The zero-order valence-corrected chi connectivity index (χ0v) is 21.7. The second kappa shape index (κ2) is 13.5. The van der Waals surface area contributed by atoms with Gasteiger partial charge in [-0.2, -0.15) is 0 Å². The van der Waals surface area contributed by atoms with Crippen LogP contribution >= 0.6 is 11.6 Å². The van der Waals surface area contributed by atoms with Crippen molar-refractivity contribution in [2.75, 3.05) is 13.7 Å². The molecule has 2 amide bonds. The van der Waals surface area contributed by atoms with Gasteiger partial charge in [0.2, 0.25) is 5.91 Å². The summed E-state index contributed by atoms with van der Waals surface area (Å²) < 4.78 is 11.0. The van der Waals surface area contributed by atoms with Crippen LogP contribution in [0.25, 0.3) is 0 Å². The topological polar surface area (TPSA) is 67.9 Å². The molecule has 6 nitrogen and oxygen atoms in total. The van der Waals surface area contributed by atoms with Gasteiger partial charge >= 0.3 is 0 Å². The van der Waals surface area contributed by atoms with E-state index in [1.165, 1.54) is 0 Å². The number of nitrogens with zero attached hydrogens (tertiary/aromatic N) is 1. The Bertz CT molecular complexity index is 1120. The first-order valence-corrected chi connectivity index (χ1v) is 12.4. The molecule has 0 radical (unpaired) electrons. The molecular weight excluding hydrogens is 476 g/mol. The molecule has 190 valence electrons. The van der Waals surface area contributed by atoms with Gasteiger partial charge in [-0.05, 0) is 60.9 Å². The van der Waals surface area contributed by atoms with E-state index in [0.717, 1.165) is 17.5 Å². The molecule has 0 aliphatic carbocycles. The fraction of sp³-hybridized carbons (Fsp3) is 0.310. The largest absolute Gasteiger partial charge is 0.497 e. The van der Waals surface area contributed by atoms with Gasteiger partial charge in [0.1, 0.15) is 17.5 Å². The van der Waals surface area contributed by atoms with Gasteiger partial charge in [0.25, 0.3) is 5.91 Å². The smallest absolute Gasteiger partial charge is 0.261 e. The monoisotopic (exact) mass is 508 g/mol. The summed E-state index contributed by atoms with van der Waals surface area (Å²) in [6.07, 6.45) is 1.16. The lowest BCUT2D eigenvalue weighted by Gasteiger charge is -2.32. The van der Waals surface area contributed by atoms with Crippen molar-refractivity contribution in [3.63, 3.8) is 0 Å². The molecule has 1 N–H and O–H groups in total. The van der Waals surface area contributed by atoms with Crippen LogP contribution in [0.15, 0.2) is 78.9 Å². The van der Waals surface area contributed by atoms with Crippen molar-refractivity contribution >= 4 is 23.4 Å². The third-order valence-corrected chi connectivity index (χ3v) is 6.17. The number of ether oxygens (including phenoxy) is 2. The summed E-state index contributed by atoms with van der Waals surface area (Å²) in [6, 6.07) is 23.3. The van der Waals surface area contributed by atoms with Gasteiger partial charge in [-0.3, -0.25) is 9.59 Å². The number of carbonyl (C=O) groups is 2. The fourth-order valence-electron chi connectivity index (χ4n) is 3.73. The van der Waals surface area contributed by atoms with Crippen LogP contribution in [0.5, 0.6) is 11.5 Å². The van der Waals surface area contributed by atoms with Crippen LogP contribution in [0.4, 0.5) is 0 Å². The molecule has 7 heteroatoms. The molecule has 0 aliphatic heterocycles. The first-order valence-electron chi connectivity index (χ1n) is 12.0. The summed E-state index contributed by atoms with van der Waals surface area (Å²) in [4.78, 5) is 28.6. The predicted octanol–water partition coefficient (Wildman–Crippen LogP) is 5.28.